The van der Waals surface area contributed by atoms with Crippen molar-refractivity contribution < 1.29 is 9.15 Å². The summed E-state index contributed by atoms with van der Waals surface area (Å²) < 4.78 is 12.0. The van der Waals surface area contributed by atoms with Crippen molar-refractivity contribution in [1.82, 2.24) is 5.32 Å². The summed E-state index contributed by atoms with van der Waals surface area (Å²) in [6.45, 7) is 6.32. The first-order valence-electron chi connectivity index (χ1n) is 8.23. The highest BCUT2D eigenvalue weighted by molar-refractivity contribution is 7.99. The first-order valence-corrected chi connectivity index (χ1v) is 9.39. The van der Waals surface area contributed by atoms with E-state index in [-0.39, 0.29) is 5.60 Å². The summed E-state index contributed by atoms with van der Waals surface area (Å²) in [6.07, 6.45) is 6.49. The van der Waals surface area contributed by atoms with E-state index in [0.29, 0.717) is 12.0 Å². The molecule has 2 aliphatic rings. The fourth-order valence-corrected chi connectivity index (χ4v) is 5.07. The largest absolute Gasteiger partial charge is 0.467 e. The van der Waals surface area contributed by atoms with Crippen molar-refractivity contribution in [2.75, 3.05) is 24.7 Å². The standard InChI is InChI=1S/C17H27NO2S/c1-3-7-18-15(16-13(2)4-8-19-16)14-5-9-20-17(11-14)6-10-21-12-17/h4,8,14-15,18H,3,5-7,9-12H2,1-2H3. The van der Waals surface area contributed by atoms with E-state index in [2.05, 4.69) is 25.2 Å². The summed E-state index contributed by atoms with van der Waals surface area (Å²) in [4.78, 5) is 0. The van der Waals surface area contributed by atoms with Crippen molar-refractivity contribution in [2.24, 2.45) is 5.92 Å². The van der Waals surface area contributed by atoms with Gasteiger partial charge in [-0.3, -0.25) is 0 Å². The van der Waals surface area contributed by atoms with Crippen LogP contribution in [0.3, 0.4) is 0 Å². The summed E-state index contributed by atoms with van der Waals surface area (Å²) in [5.74, 6) is 4.17. The first-order chi connectivity index (χ1) is 10.2. The number of hydrogen-bond acceptors (Lipinski definition) is 4. The number of hydrogen-bond donors (Lipinski definition) is 1. The highest BCUT2D eigenvalue weighted by atomic mass is 32.2. The van der Waals surface area contributed by atoms with Crippen molar-refractivity contribution in [3.63, 3.8) is 0 Å². The van der Waals surface area contributed by atoms with Crippen molar-refractivity contribution in [3.8, 4) is 0 Å². The Kier molecular flexibility index (Phi) is 4.97. The van der Waals surface area contributed by atoms with E-state index in [1.165, 1.54) is 29.9 Å². The molecule has 0 aliphatic carbocycles. The van der Waals surface area contributed by atoms with Crippen LogP contribution in [-0.2, 0) is 4.74 Å². The number of ether oxygens (including phenoxy) is 1. The van der Waals surface area contributed by atoms with Crippen LogP contribution in [-0.4, -0.2) is 30.3 Å². The molecule has 1 N–H and O–H groups in total. The molecule has 1 aromatic heterocycles. The summed E-state index contributed by atoms with van der Waals surface area (Å²) >= 11 is 2.04. The van der Waals surface area contributed by atoms with E-state index in [4.69, 9.17) is 9.15 Å². The fraction of sp³-hybridized carbons (Fsp3) is 0.765. The Hall–Kier alpha value is -0.450. The predicted octanol–water partition coefficient (Wildman–Crippen LogP) is 3.93. The highest BCUT2D eigenvalue weighted by Gasteiger charge is 2.43. The highest BCUT2D eigenvalue weighted by Crippen LogP contribution is 2.44. The van der Waals surface area contributed by atoms with Crippen LogP contribution in [0, 0.1) is 12.8 Å². The molecule has 21 heavy (non-hydrogen) atoms. The zero-order valence-electron chi connectivity index (χ0n) is 13.2. The Labute approximate surface area is 132 Å². The zero-order valence-corrected chi connectivity index (χ0v) is 14.0. The minimum Gasteiger partial charge on any atom is -0.467 e. The lowest BCUT2D eigenvalue weighted by Gasteiger charge is -2.40. The summed E-state index contributed by atoms with van der Waals surface area (Å²) in [5.41, 5.74) is 1.41. The van der Waals surface area contributed by atoms with Crippen LogP contribution in [0.4, 0.5) is 0 Å². The van der Waals surface area contributed by atoms with Crippen LogP contribution in [0.25, 0.3) is 0 Å². The van der Waals surface area contributed by atoms with Crippen LogP contribution >= 0.6 is 11.8 Å². The maximum atomic E-state index is 6.18. The van der Waals surface area contributed by atoms with Crippen molar-refractivity contribution in [3.05, 3.63) is 23.7 Å². The molecule has 0 amide bonds. The third-order valence-electron chi connectivity index (χ3n) is 4.87. The molecular formula is C17H27NO2S. The molecule has 0 saturated carbocycles. The van der Waals surface area contributed by atoms with Gasteiger partial charge in [0.25, 0.3) is 0 Å². The Bertz CT molecular complexity index is 453. The lowest BCUT2D eigenvalue weighted by atomic mass is 9.80. The van der Waals surface area contributed by atoms with Crippen molar-refractivity contribution in [1.29, 1.82) is 0 Å². The fourth-order valence-electron chi connectivity index (χ4n) is 3.69. The van der Waals surface area contributed by atoms with Gasteiger partial charge in [-0.05, 0) is 62.5 Å². The molecule has 3 nitrogen and oxygen atoms in total. The van der Waals surface area contributed by atoms with Gasteiger partial charge in [-0.25, -0.2) is 0 Å². The molecule has 0 radical (unpaired) electrons. The molecule has 3 atom stereocenters. The molecule has 2 saturated heterocycles. The molecule has 118 valence electrons. The minimum atomic E-state index is 0.139. The van der Waals surface area contributed by atoms with Crippen LogP contribution in [0.2, 0.25) is 0 Å². The smallest absolute Gasteiger partial charge is 0.123 e. The third kappa shape index (κ3) is 3.33. The summed E-state index contributed by atoms with van der Waals surface area (Å²) in [5, 5.41) is 3.73. The maximum Gasteiger partial charge on any atom is 0.123 e. The van der Waals surface area contributed by atoms with Gasteiger partial charge in [-0.2, -0.15) is 11.8 Å². The number of thioether (sulfide) groups is 1. The Morgan fingerprint density at radius 3 is 3.10 bits per heavy atom. The molecular weight excluding hydrogens is 282 g/mol. The average Bonchev–Trinajstić information content (AvgIpc) is 3.10. The molecule has 1 spiro atoms. The number of furan rings is 1. The Balaban J connectivity index is 1.77. The summed E-state index contributed by atoms with van der Waals surface area (Å²) in [7, 11) is 0. The molecule has 3 rings (SSSR count). The van der Waals surface area contributed by atoms with E-state index in [9.17, 15) is 0 Å². The molecule has 1 aromatic rings. The normalized spacial score (nSPS) is 30.9. The van der Waals surface area contributed by atoms with Gasteiger partial charge in [0.05, 0.1) is 17.9 Å². The molecule has 2 aliphatic heterocycles. The molecule has 4 heteroatoms. The van der Waals surface area contributed by atoms with Gasteiger partial charge in [0.1, 0.15) is 5.76 Å². The Morgan fingerprint density at radius 1 is 1.52 bits per heavy atom. The van der Waals surface area contributed by atoms with Crippen LogP contribution in [0.15, 0.2) is 16.7 Å². The van der Waals surface area contributed by atoms with Gasteiger partial charge in [-0.15, -0.1) is 0 Å². The first kappa shape index (κ1) is 15.4. The summed E-state index contributed by atoms with van der Waals surface area (Å²) in [6, 6.07) is 2.42. The number of rotatable bonds is 5. The van der Waals surface area contributed by atoms with Gasteiger partial charge >= 0.3 is 0 Å². The Morgan fingerprint density at radius 2 is 2.43 bits per heavy atom. The topological polar surface area (TPSA) is 34.4 Å². The van der Waals surface area contributed by atoms with Crippen LogP contribution in [0.5, 0.6) is 0 Å². The molecule has 2 fully saturated rings. The average molecular weight is 309 g/mol. The van der Waals surface area contributed by atoms with E-state index in [0.717, 1.165) is 31.8 Å². The second-order valence-corrected chi connectivity index (χ2v) is 7.59. The number of aryl methyl sites for hydroxylation is 1. The second kappa shape index (κ2) is 6.76. The van der Waals surface area contributed by atoms with Crippen LogP contribution in [0.1, 0.15) is 50.0 Å². The van der Waals surface area contributed by atoms with Gasteiger partial charge in [-0.1, -0.05) is 6.92 Å². The van der Waals surface area contributed by atoms with E-state index in [1.54, 1.807) is 0 Å². The lowest BCUT2D eigenvalue weighted by Crippen LogP contribution is -2.44. The van der Waals surface area contributed by atoms with Gasteiger partial charge < -0.3 is 14.5 Å². The molecule has 0 bridgehead atoms. The quantitative estimate of drug-likeness (QED) is 0.893. The SMILES string of the molecule is CCCNC(c1occc1C)C1CCOC2(CCSC2)C1. The minimum absolute atomic E-state index is 0.139. The van der Waals surface area contributed by atoms with E-state index >= 15 is 0 Å². The van der Waals surface area contributed by atoms with Gasteiger partial charge in [0.15, 0.2) is 0 Å². The van der Waals surface area contributed by atoms with E-state index < -0.39 is 0 Å². The van der Waals surface area contributed by atoms with Gasteiger partial charge in [0.2, 0.25) is 0 Å². The van der Waals surface area contributed by atoms with Gasteiger partial charge in [0, 0.05) is 12.4 Å². The molecule has 3 heterocycles. The van der Waals surface area contributed by atoms with Crippen molar-refractivity contribution >= 4 is 11.8 Å². The molecule has 3 unspecified atom stereocenters. The second-order valence-electron chi connectivity index (χ2n) is 6.49. The van der Waals surface area contributed by atoms with Crippen LogP contribution < -0.4 is 5.32 Å². The monoisotopic (exact) mass is 309 g/mol. The zero-order chi connectivity index (χ0) is 14.7. The third-order valence-corrected chi connectivity index (χ3v) is 6.09. The predicted molar refractivity (Wildman–Crippen MR) is 87.8 cm³/mol. The van der Waals surface area contributed by atoms with Crippen molar-refractivity contribution in [2.45, 2.75) is 51.2 Å². The number of nitrogens with one attached hydrogen (secondary N) is 1. The molecule has 0 aromatic carbocycles. The van der Waals surface area contributed by atoms with E-state index in [1.807, 2.05) is 18.0 Å². The lowest BCUT2D eigenvalue weighted by molar-refractivity contribution is -0.0864. The maximum absolute atomic E-state index is 6.18.